The van der Waals surface area contributed by atoms with E-state index >= 15 is 0 Å². The van der Waals surface area contributed by atoms with Gasteiger partial charge in [0, 0.05) is 6.04 Å². The first-order valence-electron chi connectivity index (χ1n) is 9.40. The van der Waals surface area contributed by atoms with Crippen LogP contribution in [0.1, 0.15) is 72.1 Å². The molecule has 3 aliphatic carbocycles. The number of rotatable bonds is 5. The minimum Gasteiger partial charge on any atom is -0.313 e. The fourth-order valence-electron chi connectivity index (χ4n) is 6.01. The maximum Gasteiger partial charge on any atom is 0.0126 e. The smallest absolute Gasteiger partial charge is 0.0126 e. The van der Waals surface area contributed by atoms with Crippen LogP contribution in [0.2, 0.25) is 0 Å². The average Bonchev–Trinajstić information content (AvgIpc) is 3.00. The Bertz CT molecular complexity index is 303. The second-order valence-corrected chi connectivity index (χ2v) is 8.50. The first-order valence-corrected chi connectivity index (χ1v) is 9.40. The number of hydrogen-bond donors (Lipinski definition) is 1. The lowest BCUT2D eigenvalue weighted by atomic mass is 9.68. The van der Waals surface area contributed by atoms with Crippen molar-refractivity contribution in [1.82, 2.24) is 5.32 Å². The zero-order chi connectivity index (χ0) is 14.1. The van der Waals surface area contributed by atoms with Crippen molar-refractivity contribution in [2.45, 2.75) is 78.2 Å². The summed E-state index contributed by atoms with van der Waals surface area (Å²) in [6, 6.07) is 0.843. The van der Waals surface area contributed by atoms with Crippen LogP contribution in [0, 0.1) is 35.5 Å². The monoisotopic (exact) mass is 277 g/mol. The van der Waals surface area contributed by atoms with Crippen LogP contribution >= 0.6 is 0 Å². The van der Waals surface area contributed by atoms with Gasteiger partial charge in [0.15, 0.2) is 0 Å². The Labute approximate surface area is 126 Å². The maximum absolute atomic E-state index is 4.01. The van der Waals surface area contributed by atoms with Gasteiger partial charge in [-0.05, 0) is 87.0 Å². The lowest BCUT2D eigenvalue weighted by molar-refractivity contribution is 0.118. The van der Waals surface area contributed by atoms with Gasteiger partial charge in [-0.2, -0.15) is 0 Å². The molecule has 0 amide bonds. The number of hydrogen-bond acceptors (Lipinski definition) is 1. The molecule has 2 bridgehead atoms. The van der Waals surface area contributed by atoms with Crippen LogP contribution in [0.4, 0.5) is 0 Å². The first-order chi connectivity index (χ1) is 9.67. The van der Waals surface area contributed by atoms with Gasteiger partial charge in [0.25, 0.3) is 0 Å². The maximum atomic E-state index is 4.01. The SMILES string of the molecule is CCCNC(C1CC(C)CC(C)C1)C1CC2CCC1C2. The average molecular weight is 277 g/mol. The summed E-state index contributed by atoms with van der Waals surface area (Å²) in [6.45, 7) is 8.52. The van der Waals surface area contributed by atoms with E-state index in [2.05, 4.69) is 26.1 Å². The van der Waals surface area contributed by atoms with Crippen molar-refractivity contribution in [3.8, 4) is 0 Å². The van der Waals surface area contributed by atoms with Crippen molar-refractivity contribution in [2.24, 2.45) is 35.5 Å². The first kappa shape index (κ1) is 14.9. The van der Waals surface area contributed by atoms with E-state index in [1.54, 1.807) is 19.3 Å². The highest BCUT2D eigenvalue weighted by Gasteiger charge is 2.45. The lowest BCUT2D eigenvalue weighted by Crippen LogP contribution is -2.46. The predicted molar refractivity (Wildman–Crippen MR) is 86.7 cm³/mol. The number of nitrogens with one attached hydrogen (secondary N) is 1. The molecule has 116 valence electrons. The molecule has 3 aliphatic rings. The van der Waals surface area contributed by atoms with Gasteiger partial charge in [-0.15, -0.1) is 0 Å². The quantitative estimate of drug-likeness (QED) is 0.756. The Morgan fingerprint density at radius 1 is 0.950 bits per heavy atom. The van der Waals surface area contributed by atoms with E-state index in [9.17, 15) is 0 Å². The Morgan fingerprint density at radius 2 is 1.70 bits per heavy atom. The molecule has 0 aromatic heterocycles. The van der Waals surface area contributed by atoms with Gasteiger partial charge < -0.3 is 5.32 Å². The molecular weight excluding hydrogens is 242 g/mol. The minimum absolute atomic E-state index is 0.843. The zero-order valence-electron chi connectivity index (χ0n) is 13.9. The molecule has 0 heterocycles. The van der Waals surface area contributed by atoms with Gasteiger partial charge >= 0.3 is 0 Å². The third kappa shape index (κ3) is 3.08. The van der Waals surface area contributed by atoms with Crippen molar-refractivity contribution >= 4 is 0 Å². The summed E-state index contributed by atoms with van der Waals surface area (Å²) in [7, 11) is 0. The molecule has 1 heteroatoms. The normalized spacial score (nSPS) is 45.8. The molecule has 0 aliphatic heterocycles. The molecule has 0 aromatic carbocycles. The Morgan fingerprint density at radius 3 is 2.25 bits per heavy atom. The van der Waals surface area contributed by atoms with Gasteiger partial charge in [0.2, 0.25) is 0 Å². The Kier molecular flexibility index (Phi) is 4.75. The summed E-state index contributed by atoms with van der Waals surface area (Å²) in [4.78, 5) is 0. The molecule has 0 spiro atoms. The summed E-state index contributed by atoms with van der Waals surface area (Å²) >= 11 is 0. The van der Waals surface area contributed by atoms with Crippen molar-refractivity contribution in [1.29, 1.82) is 0 Å². The molecule has 1 nitrogen and oxygen atoms in total. The second-order valence-electron chi connectivity index (χ2n) is 8.50. The highest BCUT2D eigenvalue weighted by atomic mass is 14.9. The molecule has 3 rings (SSSR count). The fraction of sp³-hybridized carbons (Fsp3) is 1.00. The summed E-state index contributed by atoms with van der Waals surface area (Å²) in [6.07, 6.45) is 11.9. The van der Waals surface area contributed by atoms with Crippen LogP contribution in [-0.2, 0) is 0 Å². The molecule has 1 N–H and O–H groups in total. The molecule has 0 aromatic rings. The molecule has 6 unspecified atom stereocenters. The lowest BCUT2D eigenvalue weighted by Gasteiger charge is -2.42. The van der Waals surface area contributed by atoms with E-state index in [0.717, 1.165) is 41.5 Å². The third-order valence-corrected chi connectivity index (χ3v) is 6.61. The van der Waals surface area contributed by atoms with Gasteiger partial charge in [0.1, 0.15) is 0 Å². The van der Waals surface area contributed by atoms with Gasteiger partial charge in [0.05, 0.1) is 0 Å². The Hall–Kier alpha value is -0.0400. The highest BCUT2D eigenvalue weighted by molar-refractivity contribution is 4.98. The molecule has 3 fully saturated rings. The van der Waals surface area contributed by atoms with Crippen LogP contribution in [0.3, 0.4) is 0 Å². The molecule has 6 atom stereocenters. The van der Waals surface area contributed by atoms with Crippen LogP contribution in [0.25, 0.3) is 0 Å². The molecule has 3 saturated carbocycles. The van der Waals surface area contributed by atoms with E-state index in [1.165, 1.54) is 38.6 Å². The standard InChI is InChI=1S/C19H35N/c1-4-7-20-19(17-9-13(2)8-14(3)10-17)18-12-15-5-6-16(18)11-15/h13-20H,4-12H2,1-3H3. The second kappa shape index (κ2) is 6.38. The van der Waals surface area contributed by atoms with Crippen LogP contribution < -0.4 is 5.32 Å². The van der Waals surface area contributed by atoms with E-state index in [0.29, 0.717) is 0 Å². The summed E-state index contributed by atoms with van der Waals surface area (Å²) in [5.74, 6) is 6.05. The third-order valence-electron chi connectivity index (χ3n) is 6.61. The topological polar surface area (TPSA) is 12.0 Å². The van der Waals surface area contributed by atoms with Crippen molar-refractivity contribution < 1.29 is 0 Å². The van der Waals surface area contributed by atoms with E-state index in [-0.39, 0.29) is 0 Å². The number of fused-ring (bicyclic) bond motifs is 2. The highest BCUT2D eigenvalue weighted by Crippen LogP contribution is 2.52. The van der Waals surface area contributed by atoms with Gasteiger partial charge in [-0.25, -0.2) is 0 Å². The van der Waals surface area contributed by atoms with Crippen LogP contribution in [-0.4, -0.2) is 12.6 Å². The van der Waals surface area contributed by atoms with Gasteiger partial charge in [-0.1, -0.05) is 27.2 Å². The van der Waals surface area contributed by atoms with E-state index in [1.807, 2.05) is 0 Å². The van der Waals surface area contributed by atoms with Crippen LogP contribution in [0.5, 0.6) is 0 Å². The van der Waals surface area contributed by atoms with Crippen molar-refractivity contribution in [2.75, 3.05) is 6.54 Å². The van der Waals surface area contributed by atoms with E-state index in [4.69, 9.17) is 0 Å². The van der Waals surface area contributed by atoms with Gasteiger partial charge in [-0.3, -0.25) is 0 Å². The zero-order valence-corrected chi connectivity index (χ0v) is 13.9. The largest absolute Gasteiger partial charge is 0.313 e. The van der Waals surface area contributed by atoms with Crippen molar-refractivity contribution in [3.05, 3.63) is 0 Å². The summed E-state index contributed by atoms with van der Waals surface area (Å²) in [5.41, 5.74) is 0. The minimum atomic E-state index is 0.843. The summed E-state index contributed by atoms with van der Waals surface area (Å²) < 4.78 is 0. The molecule has 20 heavy (non-hydrogen) atoms. The fourth-order valence-corrected chi connectivity index (χ4v) is 6.01. The Balaban J connectivity index is 1.68. The molecular formula is C19H35N. The van der Waals surface area contributed by atoms with Crippen molar-refractivity contribution in [3.63, 3.8) is 0 Å². The molecule has 0 radical (unpaired) electrons. The predicted octanol–water partition coefficient (Wildman–Crippen LogP) is 4.86. The summed E-state index contributed by atoms with van der Waals surface area (Å²) in [5, 5.41) is 4.01. The van der Waals surface area contributed by atoms with Crippen LogP contribution in [0.15, 0.2) is 0 Å². The molecule has 0 saturated heterocycles. The van der Waals surface area contributed by atoms with E-state index < -0.39 is 0 Å².